The monoisotopic (exact) mass is 359 g/mol. The first-order chi connectivity index (χ1) is 12.7. The van der Waals surface area contributed by atoms with Gasteiger partial charge in [0, 0.05) is 19.6 Å². The molecule has 0 saturated heterocycles. The van der Waals surface area contributed by atoms with Crippen molar-refractivity contribution in [3.05, 3.63) is 71.3 Å². The quantitative estimate of drug-likeness (QED) is 0.570. The third-order valence-corrected chi connectivity index (χ3v) is 4.33. The topological polar surface area (TPSA) is 73.2 Å². The van der Waals surface area contributed by atoms with Gasteiger partial charge in [-0.3, -0.25) is 4.90 Å². The van der Waals surface area contributed by atoms with E-state index in [1.807, 2.05) is 53.4 Å². The molecule has 2 aromatic rings. The van der Waals surface area contributed by atoms with Crippen molar-refractivity contribution in [1.29, 1.82) is 0 Å². The highest BCUT2D eigenvalue weighted by Crippen LogP contribution is 2.28. The summed E-state index contributed by atoms with van der Waals surface area (Å²) < 4.78 is 6.11. The lowest BCUT2D eigenvalue weighted by Crippen LogP contribution is -2.38. The number of aliphatic hydroxyl groups excluding tert-OH is 3. The summed E-state index contributed by atoms with van der Waals surface area (Å²) in [6, 6.07) is 18.0. The van der Waals surface area contributed by atoms with Gasteiger partial charge in [0.25, 0.3) is 0 Å². The van der Waals surface area contributed by atoms with Gasteiger partial charge in [0.2, 0.25) is 0 Å². The van der Waals surface area contributed by atoms with E-state index in [0.717, 1.165) is 16.7 Å². The van der Waals surface area contributed by atoms with Crippen LogP contribution in [0.4, 0.5) is 0 Å². The first-order valence-electron chi connectivity index (χ1n) is 9.00. The van der Waals surface area contributed by atoms with Crippen molar-refractivity contribution in [2.75, 3.05) is 39.5 Å². The van der Waals surface area contributed by atoms with Crippen LogP contribution in [-0.2, 0) is 4.74 Å². The van der Waals surface area contributed by atoms with Gasteiger partial charge in [-0.15, -0.1) is 0 Å². The highest BCUT2D eigenvalue weighted by atomic mass is 16.5. The molecule has 26 heavy (non-hydrogen) atoms. The molecular formula is C21H29NO4. The van der Waals surface area contributed by atoms with Crippen molar-refractivity contribution < 1.29 is 20.1 Å². The van der Waals surface area contributed by atoms with Crippen molar-refractivity contribution in [3.63, 3.8) is 0 Å². The Bertz CT molecular complexity index is 629. The summed E-state index contributed by atoms with van der Waals surface area (Å²) in [5, 5.41) is 28.5. The highest BCUT2D eigenvalue weighted by Gasteiger charge is 2.19. The van der Waals surface area contributed by atoms with Gasteiger partial charge in [-0.2, -0.15) is 0 Å². The number of hydrogen-bond acceptors (Lipinski definition) is 5. The Morgan fingerprint density at radius 1 is 0.923 bits per heavy atom. The number of ether oxygens (including phenoxy) is 1. The standard InChI is InChI=1S/C21H29NO4/c1-17-7-5-6-10-20(17)21(18-8-3-2-4-9-18)26-16-19(25)15-22(11-13-23)12-14-24/h2-10,19,21,23-25H,11-16H2,1H3. The molecule has 3 N–H and O–H groups in total. The zero-order valence-electron chi connectivity index (χ0n) is 15.3. The molecule has 2 rings (SSSR count). The summed E-state index contributed by atoms with van der Waals surface area (Å²) in [5.74, 6) is 0. The van der Waals surface area contributed by atoms with Crippen molar-refractivity contribution in [1.82, 2.24) is 4.90 Å². The van der Waals surface area contributed by atoms with E-state index in [2.05, 4.69) is 13.0 Å². The number of aryl methyl sites for hydroxylation is 1. The van der Waals surface area contributed by atoms with Crippen LogP contribution >= 0.6 is 0 Å². The van der Waals surface area contributed by atoms with Gasteiger partial charge in [0.05, 0.1) is 25.9 Å². The molecule has 2 unspecified atom stereocenters. The second-order valence-electron chi connectivity index (χ2n) is 6.38. The molecule has 0 aliphatic heterocycles. The van der Waals surface area contributed by atoms with Gasteiger partial charge >= 0.3 is 0 Å². The van der Waals surface area contributed by atoms with E-state index in [-0.39, 0.29) is 25.9 Å². The minimum atomic E-state index is -0.705. The zero-order chi connectivity index (χ0) is 18.8. The summed E-state index contributed by atoms with van der Waals surface area (Å²) >= 11 is 0. The third kappa shape index (κ3) is 6.20. The molecule has 0 spiro atoms. The van der Waals surface area contributed by atoms with Crippen LogP contribution in [0.25, 0.3) is 0 Å². The van der Waals surface area contributed by atoms with Gasteiger partial charge in [-0.1, -0.05) is 54.6 Å². The fraction of sp³-hybridized carbons (Fsp3) is 0.429. The summed E-state index contributed by atoms with van der Waals surface area (Å²) in [7, 11) is 0. The molecule has 0 aromatic heterocycles. The van der Waals surface area contributed by atoms with Crippen LogP contribution in [0.2, 0.25) is 0 Å². The fourth-order valence-corrected chi connectivity index (χ4v) is 3.01. The zero-order valence-corrected chi connectivity index (χ0v) is 15.3. The van der Waals surface area contributed by atoms with Gasteiger partial charge in [-0.05, 0) is 23.6 Å². The number of nitrogens with zero attached hydrogens (tertiary/aromatic N) is 1. The lowest BCUT2D eigenvalue weighted by Gasteiger charge is -2.26. The van der Waals surface area contributed by atoms with Crippen molar-refractivity contribution in [3.8, 4) is 0 Å². The molecule has 0 amide bonds. The second-order valence-corrected chi connectivity index (χ2v) is 6.38. The average molecular weight is 359 g/mol. The molecule has 2 aromatic carbocycles. The molecule has 0 bridgehead atoms. The maximum atomic E-state index is 10.4. The second kappa shape index (κ2) is 11.1. The Morgan fingerprint density at radius 2 is 1.54 bits per heavy atom. The smallest absolute Gasteiger partial charge is 0.108 e. The molecule has 0 fully saturated rings. The van der Waals surface area contributed by atoms with Gasteiger partial charge in [-0.25, -0.2) is 0 Å². The Morgan fingerprint density at radius 3 is 2.15 bits per heavy atom. The van der Waals surface area contributed by atoms with E-state index in [0.29, 0.717) is 19.6 Å². The Labute approximate surface area is 155 Å². The van der Waals surface area contributed by atoms with Crippen LogP contribution in [0.1, 0.15) is 22.8 Å². The van der Waals surface area contributed by atoms with E-state index >= 15 is 0 Å². The summed E-state index contributed by atoms with van der Waals surface area (Å²) in [5.41, 5.74) is 3.25. The normalized spacial score (nSPS) is 13.7. The van der Waals surface area contributed by atoms with Gasteiger partial charge in [0.15, 0.2) is 0 Å². The molecule has 0 saturated carbocycles. The Hall–Kier alpha value is -1.76. The number of benzene rings is 2. The third-order valence-electron chi connectivity index (χ3n) is 4.33. The number of hydrogen-bond donors (Lipinski definition) is 3. The lowest BCUT2D eigenvalue weighted by atomic mass is 9.97. The minimum absolute atomic E-state index is 0.0105. The fourth-order valence-electron chi connectivity index (χ4n) is 3.01. The Balaban J connectivity index is 2.07. The highest BCUT2D eigenvalue weighted by molar-refractivity contribution is 5.35. The minimum Gasteiger partial charge on any atom is -0.395 e. The number of aliphatic hydroxyl groups is 3. The molecule has 2 atom stereocenters. The van der Waals surface area contributed by atoms with Crippen molar-refractivity contribution >= 4 is 0 Å². The molecule has 5 nitrogen and oxygen atoms in total. The Kier molecular flexibility index (Phi) is 8.74. The van der Waals surface area contributed by atoms with E-state index in [1.165, 1.54) is 0 Å². The van der Waals surface area contributed by atoms with Crippen LogP contribution in [0.5, 0.6) is 0 Å². The molecular weight excluding hydrogens is 330 g/mol. The maximum absolute atomic E-state index is 10.4. The van der Waals surface area contributed by atoms with E-state index < -0.39 is 6.10 Å². The molecule has 5 heteroatoms. The molecule has 0 aliphatic carbocycles. The lowest BCUT2D eigenvalue weighted by molar-refractivity contribution is -0.0118. The maximum Gasteiger partial charge on any atom is 0.108 e. The predicted molar refractivity (Wildman–Crippen MR) is 102 cm³/mol. The van der Waals surface area contributed by atoms with Crippen LogP contribution in [0, 0.1) is 6.92 Å². The van der Waals surface area contributed by atoms with Crippen LogP contribution in [-0.4, -0.2) is 65.8 Å². The number of rotatable bonds is 11. The van der Waals surface area contributed by atoms with E-state index in [1.54, 1.807) is 0 Å². The molecule has 0 radical (unpaired) electrons. The van der Waals surface area contributed by atoms with Crippen molar-refractivity contribution in [2.45, 2.75) is 19.1 Å². The van der Waals surface area contributed by atoms with Crippen LogP contribution < -0.4 is 0 Å². The summed E-state index contributed by atoms with van der Waals surface area (Å²) in [4.78, 5) is 1.82. The molecule has 0 heterocycles. The van der Waals surface area contributed by atoms with E-state index in [4.69, 9.17) is 14.9 Å². The van der Waals surface area contributed by atoms with Gasteiger partial charge in [0.1, 0.15) is 6.10 Å². The van der Waals surface area contributed by atoms with Crippen LogP contribution in [0.15, 0.2) is 54.6 Å². The largest absolute Gasteiger partial charge is 0.395 e. The molecule has 142 valence electrons. The predicted octanol–water partition coefficient (Wildman–Crippen LogP) is 1.75. The van der Waals surface area contributed by atoms with E-state index in [9.17, 15) is 5.11 Å². The van der Waals surface area contributed by atoms with Crippen molar-refractivity contribution in [2.24, 2.45) is 0 Å². The summed E-state index contributed by atoms with van der Waals surface area (Å²) in [6.45, 7) is 3.37. The average Bonchev–Trinajstić information content (AvgIpc) is 2.64. The molecule has 0 aliphatic rings. The van der Waals surface area contributed by atoms with Crippen LogP contribution in [0.3, 0.4) is 0 Å². The first kappa shape index (κ1) is 20.6. The van der Waals surface area contributed by atoms with Gasteiger partial charge < -0.3 is 20.1 Å². The summed E-state index contributed by atoms with van der Waals surface area (Å²) in [6.07, 6.45) is -0.959. The first-order valence-corrected chi connectivity index (χ1v) is 9.00. The SMILES string of the molecule is Cc1ccccc1C(OCC(O)CN(CCO)CCO)c1ccccc1.